The SMILES string of the molecule is CC(C)CC1=C(C(N)=O)C(c2ccc(C(=O)NCc3ccc(F)c(F)c3)s2)C(C#N)=C(CCc2ccc(F)cc2)N1. The van der Waals surface area contributed by atoms with Crippen LogP contribution in [0.25, 0.3) is 0 Å². The minimum absolute atomic E-state index is 0.0154. The van der Waals surface area contributed by atoms with Crippen molar-refractivity contribution >= 4 is 23.2 Å². The van der Waals surface area contributed by atoms with Crippen LogP contribution in [0, 0.1) is 34.7 Å². The van der Waals surface area contributed by atoms with E-state index in [9.17, 15) is 28.0 Å². The van der Waals surface area contributed by atoms with Crippen LogP contribution in [0.5, 0.6) is 0 Å². The van der Waals surface area contributed by atoms with Crippen molar-refractivity contribution in [2.75, 3.05) is 0 Å². The van der Waals surface area contributed by atoms with Gasteiger partial charge in [0.25, 0.3) is 5.91 Å². The molecule has 2 heterocycles. The Morgan fingerprint density at radius 3 is 2.34 bits per heavy atom. The topological polar surface area (TPSA) is 108 Å². The molecule has 1 aromatic heterocycles. The van der Waals surface area contributed by atoms with Gasteiger partial charge in [0.1, 0.15) is 5.82 Å². The van der Waals surface area contributed by atoms with Gasteiger partial charge in [0.15, 0.2) is 11.6 Å². The molecular formula is C31H29F3N4O2S. The maximum atomic E-state index is 13.5. The summed E-state index contributed by atoms with van der Waals surface area (Å²) in [6, 6.07) is 15.1. The molecule has 2 amide bonds. The molecule has 4 rings (SSSR count). The molecule has 1 aliphatic rings. The first kappa shape index (κ1) is 29.6. The largest absolute Gasteiger partial charge is 0.366 e. The number of nitrogens with two attached hydrogens (primary N) is 1. The molecule has 0 spiro atoms. The lowest BCUT2D eigenvalue weighted by Gasteiger charge is -2.31. The summed E-state index contributed by atoms with van der Waals surface area (Å²) in [5.74, 6) is -4.01. The number of dihydropyridines is 1. The van der Waals surface area contributed by atoms with Crippen molar-refractivity contribution < 1.29 is 22.8 Å². The Balaban J connectivity index is 1.65. The molecule has 2 aromatic carbocycles. The molecule has 212 valence electrons. The first-order valence-electron chi connectivity index (χ1n) is 13.1. The molecule has 0 fully saturated rings. The maximum absolute atomic E-state index is 13.5. The Morgan fingerprint density at radius 1 is 1.00 bits per heavy atom. The van der Waals surface area contributed by atoms with Crippen LogP contribution < -0.4 is 16.4 Å². The van der Waals surface area contributed by atoms with Crippen LogP contribution in [-0.2, 0) is 17.8 Å². The average Bonchev–Trinajstić information content (AvgIpc) is 3.42. The van der Waals surface area contributed by atoms with Crippen molar-refractivity contribution in [3.05, 3.63) is 115 Å². The molecule has 3 aromatic rings. The molecule has 1 unspecified atom stereocenters. The second-order valence-electron chi connectivity index (χ2n) is 10.2. The molecule has 0 aliphatic carbocycles. The van der Waals surface area contributed by atoms with Crippen molar-refractivity contribution in [2.24, 2.45) is 11.7 Å². The summed E-state index contributed by atoms with van der Waals surface area (Å²) in [7, 11) is 0. The Labute approximate surface area is 240 Å². The second-order valence-corrected chi connectivity index (χ2v) is 11.3. The molecule has 6 nitrogen and oxygen atoms in total. The predicted molar refractivity (Wildman–Crippen MR) is 151 cm³/mol. The number of nitriles is 1. The molecule has 1 atom stereocenters. The van der Waals surface area contributed by atoms with Gasteiger partial charge in [-0.25, -0.2) is 13.2 Å². The number of nitrogens with one attached hydrogen (secondary N) is 2. The minimum atomic E-state index is -1.00. The molecule has 41 heavy (non-hydrogen) atoms. The van der Waals surface area contributed by atoms with E-state index in [1.807, 2.05) is 13.8 Å². The predicted octanol–water partition coefficient (Wildman–Crippen LogP) is 5.98. The van der Waals surface area contributed by atoms with Crippen molar-refractivity contribution in [1.29, 1.82) is 5.26 Å². The number of thiophene rings is 1. The lowest BCUT2D eigenvalue weighted by atomic mass is 9.81. The molecule has 0 radical (unpaired) electrons. The summed E-state index contributed by atoms with van der Waals surface area (Å²) in [5.41, 5.74) is 9.02. The maximum Gasteiger partial charge on any atom is 0.261 e. The van der Waals surface area contributed by atoms with E-state index in [0.717, 1.165) is 29.0 Å². The third-order valence-corrected chi connectivity index (χ3v) is 7.83. The molecule has 0 saturated heterocycles. The highest BCUT2D eigenvalue weighted by Crippen LogP contribution is 2.42. The van der Waals surface area contributed by atoms with Gasteiger partial charge in [-0.05, 0) is 72.7 Å². The number of primary amides is 1. The van der Waals surface area contributed by atoms with Gasteiger partial charge in [-0.1, -0.05) is 32.0 Å². The first-order chi connectivity index (χ1) is 19.6. The Kier molecular flexibility index (Phi) is 9.30. The zero-order valence-electron chi connectivity index (χ0n) is 22.6. The van der Waals surface area contributed by atoms with Gasteiger partial charge in [-0.15, -0.1) is 11.3 Å². The van der Waals surface area contributed by atoms with Gasteiger partial charge in [0.2, 0.25) is 5.91 Å². The number of allylic oxidation sites excluding steroid dienone is 3. The van der Waals surface area contributed by atoms with Crippen LogP contribution in [0.1, 0.15) is 58.3 Å². The Hall–Kier alpha value is -4.36. The molecular weight excluding hydrogens is 549 g/mol. The van der Waals surface area contributed by atoms with E-state index in [4.69, 9.17) is 5.73 Å². The number of benzene rings is 2. The zero-order chi connectivity index (χ0) is 29.7. The van der Waals surface area contributed by atoms with Crippen LogP contribution in [0.15, 0.2) is 77.1 Å². The quantitative estimate of drug-likeness (QED) is 0.275. The normalized spacial score (nSPS) is 15.1. The second kappa shape index (κ2) is 12.9. The molecule has 10 heteroatoms. The highest BCUT2D eigenvalue weighted by molar-refractivity contribution is 7.14. The number of carbonyl (C=O) groups is 2. The number of hydrogen-bond acceptors (Lipinski definition) is 5. The lowest BCUT2D eigenvalue weighted by Crippen LogP contribution is -2.33. The van der Waals surface area contributed by atoms with Crippen LogP contribution in [-0.4, -0.2) is 11.8 Å². The van der Waals surface area contributed by atoms with Crippen molar-refractivity contribution in [1.82, 2.24) is 10.6 Å². The third-order valence-electron chi connectivity index (χ3n) is 6.68. The van der Waals surface area contributed by atoms with Gasteiger partial charge in [0.05, 0.1) is 22.4 Å². The highest BCUT2D eigenvalue weighted by Gasteiger charge is 2.35. The van der Waals surface area contributed by atoms with E-state index in [0.29, 0.717) is 51.5 Å². The van der Waals surface area contributed by atoms with E-state index in [-0.39, 0.29) is 23.9 Å². The zero-order valence-corrected chi connectivity index (χ0v) is 23.4. The molecule has 4 N–H and O–H groups in total. The van der Waals surface area contributed by atoms with Crippen LogP contribution >= 0.6 is 11.3 Å². The van der Waals surface area contributed by atoms with E-state index in [2.05, 4.69) is 16.7 Å². The van der Waals surface area contributed by atoms with E-state index in [1.165, 1.54) is 18.2 Å². The fraction of sp³-hybridized carbons (Fsp3) is 0.258. The van der Waals surface area contributed by atoms with Gasteiger partial charge in [-0.3, -0.25) is 9.59 Å². The number of nitrogens with zero attached hydrogens (tertiary/aromatic N) is 1. The Morgan fingerprint density at radius 2 is 1.71 bits per heavy atom. The number of halogens is 3. The van der Waals surface area contributed by atoms with Crippen molar-refractivity contribution in [2.45, 2.75) is 45.6 Å². The molecule has 0 bridgehead atoms. The lowest BCUT2D eigenvalue weighted by molar-refractivity contribution is -0.114. The Bertz CT molecular complexity index is 1570. The number of rotatable bonds is 10. The summed E-state index contributed by atoms with van der Waals surface area (Å²) in [6.45, 7) is 3.99. The summed E-state index contributed by atoms with van der Waals surface area (Å²) in [5, 5.41) is 16.2. The number of hydrogen-bond donors (Lipinski definition) is 3. The number of amides is 2. The third kappa shape index (κ3) is 7.05. The van der Waals surface area contributed by atoms with Crippen molar-refractivity contribution in [3.63, 3.8) is 0 Å². The standard InChI is InChI=1S/C31H29F3N4O2S/c1-17(2)13-25-29(30(36)39)28(21(15-35)24(38-25)10-6-18-3-7-20(32)8-4-18)26-11-12-27(41-26)31(40)37-16-19-5-9-22(33)23(34)14-19/h3-5,7-9,11-12,14,17,28,38H,6,10,13,16H2,1-2H3,(H2,36,39)(H,37,40). The summed E-state index contributed by atoms with van der Waals surface area (Å²) in [4.78, 5) is 26.6. The summed E-state index contributed by atoms with van der Waals surface area (Å²) < 4.78 is 40.1. The van der Waals surface area contributed by atoms with Gasteiger partial charge < -0.3 is 16.4 Å². The average molecular weight is 579 g/mol. The fourth-order valence-electron chi connectivity index (χ4n) is 4.75. The monoisotopic (exact) mass is 578 g/mol. The van der Waals surface area contributed by atoms with E-state index in [1.54, 1.807) is 24.3 Å². The molecule has 1 aliphatic heterocycles. The first-order valence-corrected chi connectivity index (χ1v) is 13.9. The summed E-state index contributed by atoms with van der Waals surface area (Å²) >= 11 is 1.12. The highest BCUT2D eigenvalue weighted by atomic mass is 32.1. The minimum Gasteiger partial charge on any atom is -0.366 e. The van der Waals surface area contributed by atoms with Crippen LogP contribution in [0.3, 0.4) is 0 Å². The van der Waals surface area contributed by atoms with Crippen LogP contribution in [0.2, 0.25) is 0 Å². The smallest absolute Gasteiger partial charge is 0.261 e. The van der Waals surface area contributed by atoms with Crippen molar-refractivity contribution in [3.8, 4) is 6.07 Å². The van der Waals surface area contributed by atoms with Gasteiger partial charge in [0, 0.05) is 28.4 Å². The number of aryl methyl sites for hydroxylation is 1. The summed E-state index contributed by atoms with van der Waals surface area (Å²) in [6.07, 6.45) is 1.48. The van der Waals surface area contributed by atoms with E-state index < -0.39 is 29.4 Å². The number of carbonyl (C=O) groups excluding carboxylic acids is 2. The van der Waals surface area contributed by atoms with Gasteiger partial charge in [-0.2, -0.15) is 5.26 Å². The van der Waals surface area contributed by atoms with E-state index >= 15 is 0 Å². The fourth-order valence-corrected chi connectivity index (χ4v) is 5.80. The van der Waals surface area contributed by atoms with Crippen LogP contribution in [0.4, 0.5) is 13.2 Å². The van der Waals surface area contributed by atoms with Gasteiger partial charge >= 0.3 is 0 Å². The molecule has 0 saturated carbocycles.